The van der Waals surface area contributed by atoms with Crippen molar-refractivity contribution >= 4 is 52.1 Å². The summed E-state index contributed by atoms with van der Waals surface area (Å²) in [4.78, 5) is 13.2. The number of amides is 1. The molecular weight excluding hydrogens is 555 g/mol. The average molecular weight is 576 g/mol. The molecule has 3 N–H and O–H groups in total. The number of hydrogen-bond donors (Lipinski definition) is 3. The lowest BCUT2D eigenvalue weighted by molar-refractivity contribution is -0.143. The topological polar surface area (TPSA) is 53.2 Å². The van der Waals surface area contributed by atoms with Crippen LogP contribution >= 0.6 is 24.0 Å². The molecule has 0 fully saturated rings. The van der Waals surface area contributed by atoms with E-state index in [1.54, 1.807) is 36.5 Å². The van der Waals surface area contributed by atoms with Crippen molar-refractivity contribution in [3.63, 3.8) is 0 Å². The Morgan fingerprint density at radius 2 is 1.47 bits per heavy atom. The van der Waals surface area contributed by atoms with E-state index in [1.165, 1.54) is 0 Å². The zero-order valence-corrected chi connectivity index (χ0v) is 21.4. The molecule has 3 aromatic carbocycles. The molecule has 0 aromatic heterocycles. The Labute approximate surface area is 223 Å². The fourth-order valence-corrected chi connectivity index (χ4v) is 4.51. The van der Waals surface area contributed by atoms with Crippen LogP contribution in [-0.2, 0) is 11.0 Å². The lowest BCUT2D eigenvalue weighted by atomic mass is 10.1. The van der Waals surface area contributed by atoms with Crippen LogP contribution in [0.4, 0.5) is 47.8 Å². The van der Waals surface area contributed by atoms with Gasteiger partial charge in [0.05, 0.1) is 5.25 Å². The van der Waals surface area contributed by atoms with Gasteiger partial charge in [0.25, 0.3) is 0 Å². The number of anilines is 3. The highest BCUT2D eigenvalue weighted by atomic mass is 32.2. The first-order chi connectivity index (χ1) is 17.8. The average Bonchev–Trinajstić information content (AvgIpc) is 2.84. The van der Waals surface area contributed by atoms with Crippen LogP contribution in [-0.4, -0.2) is 16.3 Å². The number of hydrogen-bond acceptors (Lipinski definition) is 3. The van der Waals surface area contributed by atoms with Crippen LogP contribution in [0, 0.1) is 30.2 Å². The molecule has 0 aliphatic carbocycles. The van der Waals surface area contributed by atoms with Gasteiger partial charge in [-0.3, -0.25) is 4.79 Å². The lowest BCUT2D eigenvalue weighted by Crippen LogP contribution is -2.27. The minimum absolute atomic E-state index is 0.108. The summed E-state index contributed by atoms with van der Waals surface area (Å²) in [5, 5.41) is 6.95. The molecule has 0 aliphatic rings. The van der Waals surface area contributed by atoms with E-state index in [0.717, 1.165) is 23.0 Å². The summed E-state index contributed by atoms with van der Waals surface area (Å²) in [6.07, 6.45) is -5.58. The molecule has 3 aromatic rings. The normalized spacial score (nSPS) is 12.1. The molecule has 0 heterocycles. The van der Waals surface area contributed by atoms with E-state index >= 15 is 0 Å². The fraction of sp³-hybridized carbons (Fsp3) is 0.200. The van der Waals surface area contributed by atoms with Gasteiger partial charge in [-0.05, 0) is 55.9 Å². The number of carbonyl (C=O) groups excluding carboxylic acids is 1. The van der Waals surface area contributed by atoms with Crippen molar-refractivity contribution in [1.29, 1.82) is 0 Å². The monoisotopic (exact) mass is 575 g/mol. The van der Waals surface area contributed by atoms with E-state index in [0.29, 0.717) is 10.6 Å². The van der Waals surface area contributed by atoms with E-state index < -0.39 is 51.9 Å². The van der Waals surface area contributed by atoms with Crippen molar-refractivity contribution in [2.24, 2.45) is 0 Å². The predicted octanol–water partition coefficient (Wildman–Crippen LogP) is 7.89. The van der Waals surface area contributed by atoms with Gasteiger partial charge in [-0.15, -0.1) is 11.8 Å². The summed E-state index contributed by atoms with van der Waals surface area (Å²) in [6, 6.07) is 14.1. The van der Waals surface area contributed by atoms with Crippen LogP contribution in [0.5, 0.6) is 0 Å². The van der Waals surface area contributed by atoms with Crippen molar-refractivity contribution in [1.82, 2.24) is 0 Å². The van der Waals surface area contributed by atoms with Crippen molar-refractivity contribution in [3.05, 3.63) is 82.9 Å². The molecular formula is C25H20F7N3OS2. The Kier molecular flexibility index (Phi) is 9.26. The highest BCUT2D eigenvalue weighted by Gasteiger charge is 2.42. The van der Waals surface area contributed by atoms with Gasteiger partial charge < -0.3 is 16.0 Å². The summed E-state index contributed by atoms with van der Waals surface area (Å²) < 4.78 is 94.6. The molecule has 0 spiro atoms. The van der Waals surface area contributed by atoms with Gasteiger partial charge in [0.2, 0.25) is 5.91 Å². The first kappa shape index (κ1) is 29.2. The maximum Gasteiger partial charge on any atom is 0.422 e. The Hall–Kier alpha value is -3.32. The van der Waals surface area contributed by atoms with Crippen LogP contribution in [0.3, 0.4) is 0 Å². The minimum atomic E-state index is -5.68. The number of thioether (sulfide) groups is 1. The number of alkyl halides is 3. The summed E-state index contributed by atoms with van der Waals surface area (Å²) in [7, 11) is 0. The predicted molar refractivity (Wildman–Crippen MR) is 137 cm³/mol. The summed E-state index contributed by atoms with van der Waals surface area (Å²) >= 11 is 6.26. The molecule has 202 valence electrons. The standard InChI is InChI=1S/C25H20F7N3OS2/c1-3-16(23(36)35-22-20(28)18(26)17(25(30,31)32)19(27)21(22)29)38-15-6-4-5-14(11-15)34-24(37)33-13-9-7-12(2)8-10-13/h4-11,16H,3H2,1-2H3,(H,35,36)(H2,33,34,37). The highest BCUT2D eigenvalue weighted by molar-refractivity contribution is 8.00. The van der Waals surface area contributed by atoms with E-state index in [4.69, 9.17) is 12.2 Å². The Balaban J connectivity index is 1.73. The molecule has 3 rings (SSSR count). The third kappa shape index (κ3) is 6.95. The number of rotatable bonds is 7. The van der Waals surface area contributed by atoms with Crippen LogP contribution in [0.1, 0.15) is 24.5 Å². The largest absolute Gasteiger partial charge is 0.422 e. The first-order valence-electron chi connectivity index (χ1n) is 11.0. The maximum atomic E-state index is 14.2. The summed E-state index contributed by atoms with van der Waals surface area (Å²) in [6.45, 7) is 3.51. The van der Waals surface area contributed by atoms with Gasteiger partial charge in [0.15, 0.2) is 28.4 Å². The van der Waals surface area contributed by atoms with Crippen molar-refractivity contribution in [2.45, 2.75) is 36.6 Å². The minimum Gasteiger partial charge on any atom is -0.332 e. The second kappa shape index (κ2) is 12.0. The zero-order chi connectivity index (χ0) is 28.2. The Bertz CT molecular complexity index is 1320. The molecule has 0 saturated carbocycles. The molecule has 1 unspecified atom stereocenters. The zero-order valence-electron chi connectivity index (χ0n) is 19.8. The number of benzene rings is 3. The third-order valence-electron chi connectivity index (χ3n) is 5.14. The second-order valence-corrected chi connectivity index (χ2v) is 9.67. The summed E-state index contributed by atoms with van der Waals surface area (Å²) in [5.41, 5.74) is -1.96. The quantitative estimate of drug-likeness (QED) is 0.116. The molecule has 0 radical (unpaired) electrons. The van der Waals surface area contributed by atoms with Gasteiger partial charge in [0.1, 0.15) is 11.3 Å². The molecule has 38 heavy (non-hydrogen) atoms. The molecule has 1 amide bonds. The van der Waals surface area contributed by atoms with E-state index in [9.17, 15) is 35.5 Å². The first-order valence-corrected chi connectivity index (χ1v) is 12.3. The molecule has 0 aliphatic heterocycles. The van der Waals surface area contributed by atoms with Crippen molar-refractivity contribution < 1.29 is 35.5 Å². The van der Waals surface area contributed by atoms with Crippen LogP contribution in [0.15, 0.2) is 53.4 Å². The second-order valence-electron chi connectivity index (χ2n) is 7.98. The lowest BCUT2D eigenvalue weighted by Gasteiger charge is -2.18. The number of nitrogens with one attached hydrogen (secondary N) is 3. The van der Waals surface area contributed by atoms with E-state index in [1.807, 2.05) is 31.2 Å². The van der Waals surface area contributed by atoms with Gasteiger partial charge in [-0.25, -0.2) is 17.6 Å². The van der Waals surface area contributed by atoms with Gasteiger partial charge in [-0.1, -0.05) is 30.7 Å². The van der Waals surface area contributed by atoms with Gasteiger partial charge in [-0.2, -0.15) is 13.2 Å². The summed E-state index contributed by atoms with van der Waals surface area (Å²) in [5.74, 6) is -11.1. The van der Waals surface area contributed by atoms with Gasteiger partial charge in [0, 0.05) is 16.3 Å². The number of carbonyl (C=O) groups is 1. The number of halogens is 7. The van der Waals surface area contributed by atoms with Gasteiger partial charge >= 0.3 is 6.18 Å². The number of aryl methyl sites for hydroxylation is 1. The molecule has 4 nitrogen and oxygen atoms in total. The molecule has 1 atom stereocenters. The van der Waals surface area contributed by atoms with Crippen molar-refractivity contribution in [3.8, 4) is 0 Å². The van der Waals surface area contributed by atoms with Crippen LogP contribution < -0.4 is 16.0 Å². The maximum absolute atomic E-state index is 14.2. The molecule has 13 heteroatoms. The van der Waals surface area contributed by atoms with Crippen LogP contribution in [0.2, 0.25) is 0 Å². The molecule has 0 saturated heterocycles. The van der Waals surface area contributed by atoms with Crippen molar-refractivity contribution in [2.75, 3.05) is 16.0 Å². The number of thiocarbonyl (C=S) groups is 1. The van der Waals surface area contributed by atoms with E-state index in [2.05, 4.69) is 10.6 Å². The fourth-order valence-electron chi connectivity index (χ4n) is 3.26. The Morgan fingerprint density at radius 3 is 2.03 bits per heavy atom. The Morgan fingerprint density at radius 1 is 0.895 bits per heavy atom. The van der Waals surface area contributed by atoms with Crippen LogP contribution in [0.25, 0.3) is 0 Å². The third-order valence-corrected chi connectivity index (χ3v) is 6.70. The SMILES string of the molecule is CCC(Sc1cccc(NC(=S)Nc2ccc(C)cc2)c1)C(=O)Nc1c(F)c(F)c(C(F)(F)F)c(F)c1F. The smallest absolute Gasteiger partial charge is 0.332 e. The highest BCUT2D eigenvalue weighted by Crippen LogP contribution is 2.39. The van der Waals surface area contributed by atoms with E-state index in [-0.39, 0.29) is 11.5 Å². The molecule has 0 bridgehead atoms.